The second kappa shape index (κ2) is 13.0. The number of anilines is 1. The van der Waals surface area contributed by atoms with Crippen LogP contribution in [-0.2, 0) is 11.3 Å². The van der Waals surface area contributed by atoms with Crippen molar-refractivity contribution in [1.29, 1.82) is 0 Å². The molecule has 0 radical (unpaired) electrons. The fraction of sp³-hybridized carbons (Fsp3) is 0.652. The van der Waals surface area contributed by atoms with E-state index in [0.717, 1.165) is 32.1 Å². The monoisotopic (exact) mass is 529 g/mol. The zero-order valence-corrected chi connectivity index (χ0v) is 21.7. The van der Waals surface area contributed by atoms with Crippen LogP contribution in [-0.4, -0.2) is 56.5 Å². The van der Waals surface area contributed by atoms with Crippen LogP contribution in [0.25, 0.3) is 0 Å². The van der Waals surface area contributed by atoms with Gasteiger partial charge >= 0.3 is 0 Å². The number of hydrogen-bond donors (Lipinski definition) is 2. The topological polar surface area (TPSA) is 60.0 Å². The summed E-state index contributed by atoms with van der Waals surface area (Å²) in [5.41, 5.74) is 2.04. The zero-order valence-electron chi connectivity index (χ0n) is 19.3. The molecular formula is C23H40IN5O. The van der Waals surface area contributed by atoms with Crippen LogP contribution in [0.4, 0.5) is 5.69 Å². The van der Waals surface area contributed by atoms with Crippen molar-refractivity contribution in [3.8, 4) is 0 Å². The number of nitrogens with one attached hydrogen (secondary N) is 2. The minimum Gasteiger partial charge on any atom is -0.372 e. The minimum absolute atomic E-state index is 0. The summed E-state index contributed by atoms with van der Waals surface area (Å²) in [5, 5.41) is 6.24. The number of aliphatic imine (C=N–C) groups is 1. The Morgan fingerprint density at radius 1 is 1.07 bits per heavy atom. The molecule has 0 aromatic heterocycles. The molecule has 1 amide bonds. The van der Waals surface area contributed by atoms with E-state index < -0.39 is 5.41 Å². The van der Waals surface area contributed by atoms with E-state index >= 15 is 0 Å². The first-order valence-electron chi connectivity index (χ1n) is 11.0. The van der Waals surface area contributed by atoms with Gasteiger partial charge in [0.05, 0.1) is 12.0 Å². The number of benzene rings is 1. The van der Waals surface area contributed by atoms with Gasteiger partial charge in [0.15, 0.2) is 5.96 Å². The third-order valence-corrected chi connectivity index (χ3v) is 5.35. The van der Waals surface area contributed by atoms with Gasteiger partial charge in [-0.1, -0.05) is 12.1 Å². The molecule has 170 valence electrons. The molecule has 1 fully saturated rings. The Bertz CT molecular complexity index is 669. The maximum absolute atomic E-state index is 12.2. The summed E-state index contributed by atoms with van der Waals surface area (Å²) in [5.74, 6) is 0.862. The summed E-state index contributed by atoms with van der Waals surface area (Å²) in [6, 6.07) is 8.89. The number of halogens is 1. The van der Waals surface area contributed by atoms with Crippen molar-refractivity contribution in [1.82, 2.24) is 15.5 Å². The Balaban J connectivity index is 0.00000450. The van der Waals surface area contributed by atoms with Gasteiger partial charge in [0.25, 0.3) is 0 Å². The van der Waals surface area contributed by atoms with Crippen LogP contribution in [0.1, 0.15) is 52.5 Å². The summed E-state index contributed by atoms with van der Waals surface area (Å²) in [6.07, 6.45) is 3.93. The molecule has 0 bridgehead atoms. The third kappa shape index (κ3) is 7.96. The first kappa shape index (κ1) is 26.5. The Kier molecular flexibility index (Phi) is 11.5. The standard InChI is InChI=1S/C23H39N5O.HI/c1-6-24-21(29)23(3,4)18-26-22(25-7-2)27(5)17-19-11-13-20(14-12-19)28-15-9-8-10-16-28;/h11-14H,6-10,15-18H2,1-5H3,(H,24,29)(H,25,26);1H. The number of nitrogens with zero attached hydrogens (tertiary/aromatic N) is 3. The summed E-state index contributed by atoms with van der Waals surface area (Å²) in [4.78, 5) is 21.6. The fourth-order valence-electron chi connectivity index (χ4n) is 3.53. The van der Waals surface area contributed by atoms with Crippen LogP contribution in [0.3, 0.4) is 0 Å². The molecule has 6 nitrogen and oxygen atoms in total. The summed E-state index contributed by atoms with van der Waals surface area (Å²) in [7, 11) is 2.04. The van der Waals surface area contributed by atoms with Crippen molar-refractivity contribution < 1.29 is 4.79 Å². The van der Waals surface area contributed by atoms with Crippen LogP contribution < -0.4 is 15.5 Å². The highest BCUT2D eigenvalue weighted by atomic mass is 127. The quantitative estimate of drug-likeness (QED) is 0.305. The number of hydrogen-bond acceptors (Lipinski definition) is 3. The molecule has 0 aliphatic carbocycles. The molecule has 0 saturated carbocycles. The molecule has 1 aromatic rings. The van der Waals surface area contributed by atoms with Gasteiger partial charge in [0, 0.05) is 45.5 Å². The fourth-order valence-corrected chi connectivity index (χ4v) is 3.53. The maximum Gasteiger partial charge on any atom is 0.227 e. The smallest absolute Gasteiger partial charge is 0.227 e. The molecule has 1 saturated heterocycles. The molecular weight excluding hydrogens is 489 g/mol. The molecule has 1 heterocycles. The molecule has 0 atom stereocenters. The molecule has 1 aliphatic heterocycles. The highest BCUT2D eigenvalue weighted by Gasteiger charge is 2.27. The second-order valence-electron chi connectivity index (χ2n) is 8.48. The van der Waals surface area contributed by atoms with E-state index in [1.54, 1.807) is 0 Å². The van der Waals surface area contributed by atoms with Crippen LogP contribution in [0, 0.1) is 5.41 Å². The molecule has 7 heteroatoms. The Morgan fingerprint density at radius 3 is 2.23 bits per heavy atom. The number of guanidine groups is 1. The van der Waals surface area contributed by atoms with Gasteiger partial charge in [-0.2, -0.15) is 0 Å². The number of amides is 1. The number of rotatable bonds is 8. The summed E-state index contributed by atoms with van der Waals surface area (Å²) >= 11 is 0. The Labute approximate surface area is 199 Å². The first-order chi connectivity index (χ1) is 13.9. The number of piperidine rings is 1. The van der Waals surface area contributed by atoms with Crippen molar-refractivity contribution in [3.63, 3.8) is 0 Å². The van der Waals surface area contributed by atoms with E-state index in [1.165, 1.54) is 30.5 Å². The highest BCUT2D eigenvalue weighted by Crippen LogP contribution is 2.21. The predicted octanol–water partition coefficient (Wildman–Crippen LogP) is 3.85. The lowest BCUT2D eigenvalue weighted by Crippen LogP contribution is -2.42. The van der Waals surface area contributed by atoms with E-state index in [-0.39, 0.29) is 29.9 Å². The van der Waals surface area contributed by atoms with Gasteiger partial charge in [-0.15, -0.1) is 24.0 Å². The van der Waals surface area contributed by atoms with Crippen LogP contribution in [0.5, 0.6) is 0 Å². The van der Waals surface area contributed by atoms with Crippen molar-refractivity contribution in [2.75, 3.05) is 44.7 Å². The van der Waals surface area contributed by atoms with Crippen LogP contribution in [0.2, 0.25) is 0 Å². The summed E-state index contributed by atoms with van der Waals surface area (Å²) < 4.78 is 0. The lowest BCUT2D eigenvalue weighted by atomic mass is 9.92. The molecule has 0 spiro atoms. The highest BCUT2D eigenvalue weighted by molar-refractivity contribution is 14.0. The molecule has 2 N–H and O–H groups in total. The minimum atomic E-state index is -0.534. The van der Waals surface area contributed by atoms with Crippen LogP contribution >= 0.6 is 24.0 Å². The molecule has 1 aromatic carbocycles. The number of carbonyl (C=O) groups is 1. The van der Waals surface area contributed by atoms with Gasteiger partial charge in [-0.25, -0.2) is 0 Å². The van der Waals surface area contributed by atoms with Crippen molar-refractivity contribution in [2.45, 2.75) is 53.5 Å². The molecule has 2 rings (SSSR count). The van der Waals surface area contributed by atoms with Crippen LogP contribution in [0.15, 0.2) is 29.3 Å². The molecule has 1 aliphatic rings. The average molecular weight is 530 g/mol. The van der Waals surface area contributed by atoms with E-state index in [9.17, 15) is 4.79 Å². The second-order valence-corrected chi connectivity index (χ2v) is 8.48. The first-order valence-corrected chi connectivity index (χ1v) is 11.0. The van der Waals surface area contributed by atoms with E-state index in [4.69, 9.17) is 4.99 Å². The maximum atomic E-state index is 12.2. The Hall–Kier alpha value is -1.51. The summed E-state index contributed by atoms with van der Waals surface area (Å²) in [6.45, 7) is 12.8. The SMILES string of the molecule is CCNC(=O)C(C)(C)CN=C(NCC)N(C)Cc1ccc(N2CCCCC2)cc1.I. The lowest BCUT2D eigenvalue weighted by Gasteiger charge is -2.29. The van der Waals surface area contributed by atoms with E-state index in [1.807, 2.05) is 27.8 Å². The largest absolute Gasteiger partial charge is 0.372 e. The lowest BCUT2D eigenvalue weighted by molar-refractivity contribution is -0.128. The molecule has 0 unspecified atom stereocenters. The van der Waals surface area contributed by atoms with Gasteiger partial charge in [-0.05, 0) is 64.7 Å². The van der Waals surface area contributed by atoms with E-state index in [0.29, 0.717) is 13.1 Å². The third-order valence-electron chi connectivity index (χ3n) is 5.35. The predicted molar refractivity (Wildman–Crippen MR) is 138 cm³/mol. The van der Waals surface area contributed by atoms with Crippen molar-refractivity contribution in [2.24, 2.45) is 10.4 Å². The van der Waals surface area contributed by atoms with Crippen molar-refractivity contribution >= 4 is 41.5 Å². The van der Waals surface area contributed by atoms with Crippen molar-refractivity contribution in [3.05, 3.63) is 29.8 Å². The normalized spacial score (nSPS) is 14.7. The van der Waals surface area contributed by atoms with Gasteiger partial charge < -0.3 is 20.4 Å². The van der Waals surface area contributed by atoms with Gasteiger partial charge in [0.2, 0.25) is 5.91 Å². The average Bonchev–Trinajstić information content (AvgIpc) is 2.72. The van der Waals surface area contributed by atoms with E-state index in [2.05, 4.69) is 51.6 Å². The van der Waals surface area contributed by atoms with Gasteiger partial charge in [0.1, 0.15) is 0 Å². The number of carbonyl (C=O) groups excluding carboxylic acids is 1. The zero-order chi connectivity index (χ0) is 21.3. The molecule has 30 heavy (non-hydrogen) atoms. The Morgan fingerprint density at radius 2 is 1.67 bits per heavy atom. The van der Waals surface area contributed by atoms with Gasteiger partial charge in [-0.3, -0.25) is 9.79 Å².